The zero-order chi connectivity index (χ0) is 15.5. The largest absolute Gasteiger partial charge is 0.481 e. The van der Waals surface area contributed by atoms with Gasteiger partial charge in [-0.3, -0.25) is 4.79 Å². The van der Waals surface area contributed by atoms with Gasteiger partial charge in [0.2, 0.25) is 0 Å². The molecule has 0 radical (unpaired) electrons. The normalized spacial score (nSPS) is 20.2. The molecular formula is C15H26N4O2. The molecule has 1 aliphatic carbocycles. The second kappa shape index (κ2) is 6.54. The van der Waals surface area contributed by atoms with Crippen molar-refractivity contribution in [2.24, 2.45) is 11.3 Å². The van der Waals surface area contributed by atoms with Crippen LogP contribution in [0.4, 0.5) is 0 Å². The lowest BCUT2D eigenvalue weighted by molar-refractivity contribution is -0.151. The summed E-state index contributed by atoms with van der Waals surface area (Å²) in [4.78, 5) is 11.9. The van der Waals surface area contributed by atoms with Gasteiger partial charge in [-0.05, 0) is 29.2 Å². The molecule has 118 valence electrons. The summed E-state index contributed by atoms with van der Waals surface area (Å²) in [6, 6.07) is 0. The maximum Gasteiger partial charge on any atom is 0.311 e. The third-order valence-electron chi connectivity index (χ3n) is 4.93. The topological polar surface area (TPSA) is 80.9 Å². The van der Waals surface area contributed by atoms with E-state index in [2.05, 4.69) is 36.3 Å². The van der Waals surface area contributed by atoms with Crippen molar-refractivity contribution >= 4 is 5.97 Å². The van der Waals surface area contributed by atoms with Gasteiger partial charge in [-0.15, -0.1) is 5.10 Å². The molecule has 1 atom stereocenters. The zero-order valence-electron chi connectivity index (χ0n) is 13.2. The molecule has 1 aromatic heterocycles. The molecule has 0 aromatic carbocycles. The number of aliphatic carboxylic acids is 1. The molecule has 2 rings (SSSR count). The summed E-state index contributed by atoms with van der Waals surface area (Å²) in [5.41, 5.74) is -0.711. The van der Waals surface area contributed by atoms with Gasteiger partial charge in [0.25, 0.3) is 0 Å². The molecule has 6 heteroatoms. The van der Waals surface area contributed by atoms with Gasteiger partial charge in [-0.2, -0.15) is 0 Å². The summed E-state index contributed by atoms with van der Waals surface area (Å²) in [7, 11) is 0. The van der Waals surface area contributed by atoms with Gasteiger partial charge in [-0.25, -0.2) is 4.68 Å². The lowest BCUT2D eigenvalue weighted by atomic mass is 9.80. The monoisotopic (exact) mass is 294 g/mol. The van der Waals surface area contributed by atoms with E-state index in [0.717, 1.165) is 44.3 Å². The Morgan fingerprint density at radius 1 is 1.24 bits per heavy atom. The van der Waals surface area contributed by atoms with Gasteiger partial charge in [0.15, 0.2) is 5.82 Å². The third-order valence-corrected chi connectivity index (χ3v) is 4.93. The maximum absolute atomic E-state index is 11.9. The quantitative estimate of drug-likeness (QED) is 0.844. The van der Waals surface area contributed by atoms with Crippen molar-refractivity contribution in [3.8, 4) is 0 Å². The molecule has 1 saturated carbocycles. The van der Waals surface area contributed by atoms with Crippen molar-refractivity contribution in [1.29, 1.82) is 0 Å². The lowest BCUT2D eigenvalue weighted by Crippen LogP contribution is -2.36. The van der Waals surface area contributed by atoms with Gasteiger partial charge in [0, 0.05) is 5.92 Å². The van der Waals surface area contributed by atoms with Crippen LogP contribution in [0.1, 0.15) is 71.0 Å². The number of hydrogen-bond donors (Lipinski definition) is 1. The van der Waals surface area contributed by atoms with E-state index in [9.17, 15) is 9.90 Å². The van der Waals surface area contributed by atoms with Gasteiger partial charge in [0.1, 0.15) is 0 Å². The van der Waals surface area contributed by atoms with E-state index >= 15 is 0 Å². The second-order valence-corrected chi connectivity index (χ2v) is 6.73. The Labute approximate surface area is 125 Å². The summed E-state index contributed by atoms with van der Waals surface area (Å²) >= 11 is 0. The predicted molar refractivity (Wildman–Crippen MR) is 78.8 cm³/mol. The van der Waals surface area contributed by atoms with Crippen molar-refractivity contribution < 1.29 is 9.90 Å². The minimum atomic E-state index is -0.711. The van der Waals surface area contributed by atoms with Crippen molar-refractivity contribution in [2.75, 3.05) is 0 Å². The van der Waals surface area contributed by atoms with Crippen LogP contribution in [-0.2, 0) is 11.3 Å². The number of nitrogens with zero attached hydrogens (tertiary/aromatic N) is 4. The van der Waals surface area contributed by atoms with Crippen LogP contribution in [0, 0.1) is 11.3 Å². The van der Waals surface area contributed by atoms with Crippen molar-refractivity contribution in [1.82, 2.24) is 20.2 Å². The van der Waals surface area contributed by atoms with Crippen molar-refractivity contribution in [2.45, 2.75) is 71.8 Å². The molecule has 0 saturated heterocycles. The Kier molecular flexibility index (Phi) is 4.96. The number of rotatable bonds is 5. The van der Waals surface area contributed by atoms with E-state index in [-0.39, 0.29) is 5.92 Å². The Morgan fingerprint density at radius 3 is 2.38 bits per heavy atom. The molecule has 1 N–H and O–H groups in total. The highest BCUT2D eigenvalue weighted by atomic mass is 16.4. The maximum atomic E-state index is 11.9. The standard InChI is InChI=1S/C15H26N4O2/c1-11(2)12(3)13-16-17-18-19(13)10-15(14(20)21)8-6-4-5-7-9-15/h11-12H,4-10H2,1-3H3,(H,20,21). The van der Waals surface area contributed by atoms with Gasteiger partial charge in [-0.1, -0.05) is 46.5 Å². The Hall–Kier alpha value is -1.46. The Balaban J connectivity index is 2.25. The number of tetrazole rings is 1. The fourth-order valence-corrected chi connectivity index (χ4v) is 3.08. The van der Waals surface area contributed by atoms with Crippen molar-refractivity contribution in [3.63, 3.8) is 0 Å². The van der Waals surface area contributed by atoms with E-state index in [1.54, 1.807) is 4.68 Å². The molecular weight excluding hydrogens is 268 g/mol. The van der Waals surface area contributed by atoms with Crippen LogP contribution in [0.2, 0.25) is 0 Å². The molecule has 1 heterocycles. The van der Waals surface area contributed by atoms with Gasteiger partial charge in [0.05, 0.1) is 12.0 Å². The van der Waals surface area contributed by atoms with E-state index < -0.39 is 11.4 Å². The fourth-order valence-electron chi connectivity index (χ4n) is 3.08. The van der Waals surface area contributed by atoms with Crippen LogP contribution in [0.5, 0.6) is 0 Å². The first-order valence-corrected chi connectivity index (χ1v) is 7.96. The molecule has 0 bridgehead atoms. The molecule has 1 aliphatic rings. The van der Waals surface area contributed by atoms with Gasteiger partial charge < -0.3 is 5.11 Å². The van der Waals surface area contributed by atoms with E-state index in [1.807, 2.05) is 0 Å². The van der Waals surface area contributed by atoms with E-state index in [1.165, 1.54) is 0 Å². The highest BCUT2D eigenvalue weighted by molar-refractivity contribution is 5.74. The van der Waals surface area contributed by atoms with Gasteiger partial charge >= 0.3 is 5.97 Å². The average molecular weight is 294 g/mol. The molecule has 21 heavy (non-hydrogen) atoms. The fraction of sp³-hybridized carbons (Fsp3) is 0.867. The van der Waals surface area contributed by atoms with Crippen LogP contribution < -0.4 is 0 Å². The summed E-state index contributed by atoms with van der Waals surface area (Å²) in [5, 5.41) is 21.7. The summed E-state index contributed by atoms with van der Waals surface area (Å²) in [6.07, 6.45) is 5.64. The number of carbonyl (C=O) groups is 1. The van der Waals surface area contributed by atoms with Crippen LogP contribution in [0.3, 0.4) is 0 Å². The van der Waals surface area contributed by atoms with Crippen LogP contribution in [0.25, 0.3) is 0 Å². The van der Waals surface area contributed by atoms with E-state index in [4.69, 9.17) is 0 Å². The second-order valence-electron chi connectivity index (χ2n) is 6.73. The van der Waals surface area contributed by atoms with E-state index in [0.29, 0.717) is 12.5 Å². The predicted octanol–water partition coefficient (Wildman–Crippen LogP) is 2.86. The number of hydrogen-bond acceptors (Lipinski definition) is 4. The summed E-state index contributed by atoms with van der Waals surface area (Å²) in [6.45, 7) is 6.74. The minimum absolute atomic E-state index is 0.219. The average Bonchev–Trinajstić information content (AvgIpc) is 2.74. The smallest absolute Gasteiger partial charge is 0.311 e. The lowest BCUT2D eigenvalue weighted by Gasteiger charge is -2.28. The molecule has 1 unspecified atom stereocenters. The Morgan fingerprint density at radius 2 is 1.86 bits per heavy atom. The highest BCUT2D eigenvalue weighted by Crippen LogP contribution is 2.37. The van der Waals surface area contributed by atoms with Crippen LogP contribution in [0.15, 0.2) is 0 Å². The summed E-state index contributed by atoms with van der Waals surface area (Å²) < 4.78 is 1.73. The van der Waals surface area contributed by atoms with Crippen molar-refractivity contribution in [3.05, 3.63) is 5.82 Å². The third kappa shape index (κ3) is 3.41. The number of aromatic nitrogens is 4. The highest BCUT2D eigenvalue weighted by Gasteiger charge is 2.40. The molecule has 0 aliphatic heterocycles. The first kappa shape index (κ1) is 15.9. The Bertz CT molecular complexity index is 476. The molecule has 1 aromatic rings. The molecule has 0 amide bonds. The number of carboxylic acid groups (broad SMARTS) is 1. The molecule has 0 spiro atoms. The first-order chi connectivity index (χ1) is 9.96. The SMILES string of the molecule is CC(C)C(C)c1nnnn1CC1(C(=O)O)CCCCCC1. The molecule has 6 nitrogen and oxygen atoms in total. The first-order valence-electron chi connectivity index (χ1n) is 7.96. The zero-order valence-corrected chi connectivity index (χ0v) is 13.2. The molecule has 1 fully saturated rings. The van der Waals surface area contributed by atoms with Crippen LogP contribution in [-0.4, -0.2) is 31.3 Å². The number of carboxylic acids is 1. The van der Waals surface area contributed by atoms with Crippen LogP contribution >= 0.6 is 0 Å². The summed E-state index contributed by atoms with van der Waals surface area (Å²) in [5.74, 6) is 0.735. The minimum Gasteiger partial charge on any atom is -0.481 e.